The van der Waals surface area contributed by atoms with Crippen LogP contribution in [-0.4, -0.2) is 40.8 Å². The molecular formula is C19H25N3O3. The second-order valence-electron chi connectivity index (χ2n) is 6.54. The van der Waals surface area contributed by atoms with Crippen LogP contribution in [0.25, 0.3) is 0 Å². The van der Waals surface area contributed by atoms with Crippen LogP contribution in [0.5, 0.6) is 0 Å². The van der Waals surface area contributed by atoms with E-state index in [1.54, 1.807) is 6.92 Å². The largest absolute Gasteiger partial charge is 0.465 e. The average molecular weight is 343 g/mol. The fourth-order valence-electron chi connectivity index (χ4n) is 3.57. The third-order valence-corrected chi connectivity index (χ3v) is 5.09. The summed E-state index contributed by atoms with van der Waals surface area (Å²) in [5.74, 6) is 1.08. The molecule has 1 saturated heterocycles. The van der Waals surface area contributed by atoms with Crippen molar-refractivity contribution in [3.63, 3.8) is 0 Å². The molecule has 1 aromatic heterocycles. The first-order chi connectivity index (χ1) is 12.1. The van der Waals surface area contributed by atoms with Crippen LogP contribution < -0.4 is 0 Å². The van der Waals surface area contributed by atoms with E-state index in [-0.39, 0.29) is 12.0 Å². The van der Waals surface area contributed by atoms with Crippen LogP contribution in [0.2, 0.25) is 0 Å². The zero-order chi connectivity index (χ0) is 17.9. The molecule has 6 heteroatoms. The molecule has 1 aliphatic heterocycles. The lowest BCUT2D eigenvalue weighted by Gasteiger charge is -2.41. The van der Waals surface area contributed by atoms with Crippen molar-refractivity contribution in [2.45, 2.75) is 45.1 Å². The molecule has 3 rings (SSSR count). The standard InChI is InChI=1S/C19H25N3O3/c1-4-24-18(23)19(16-8-6-5-7-9-16)10-12-22(13-11-19)14(2)17-21-20-15(3)25-17/h5-9,14H,4,10-13H2,1-3H3/t14-/m0/s1. The summed E-state index contributed by atoms with van der Waals surface area (Å²) in [6.45, 7) is 7.65. The summed E-state index contributed by atoms with van der Waals surface area (Å²) in [5, 5.41) is 8.04. The number of esters is 1. The van der Waals surface area contributed by atoms with Gasteiger partial charge in [-0.3, -0.25) is 9.69 Å². The van der Waals surface area contributed by atoms with Crippen LogP contribution in [0.1, 0.15) is 50.1 Å². The van der Waals surface area contributed by atoms with E-state index in [0.29, 0.717) is 31.2 Å². The van der Waals surface area contributed by atoms with Crippen LogP contribution in [0, 0.1) is 6.92 Å². The maximum atomic E-state index is 12.8. The molecule has 0 amide bonds. The van der Waals surface area contributed by atoms with Gasteiger partial charge in [-0.25, -0.2) is 0 Å². The fourth-order valence-corrected chi connectivity index (χ4v) is 3.57. The number of benzene rings is 1. The van der Waals surface area contributed by atoms with Gasteiger partial charge in [0.15, 0.2) is 0 Å². The summed E-state index contributed by atoms with van der Waals surface area (Å²) in [7, 11) is 0. The lowest BCUT2D eigenvalue weighted by molar-refractivity contribution is -0.152. The average Bonchev–Trinajstić information content (AvgIpc) is 3.08. The minimum absolute atomic E-state index is 0.0390. The summed E-state index contributed by atoms with van der Waals surface area (Å²) in [6, 6.07) is 10.0. The van der Waals surface area contributed by atoms with E-state index in [9.17, 15) is 4.79 Å². The van der Waals surface area contributed by atoms with Gasteiger partial charge in [0.1, 0.15) is 0 Å². The van der Waals surface area contributed by atoms with Gasteiger partial charge in [0, 0.05) is 20.0 Å². The SMILES string of the molecule is CCOC(=O)C1(c2ccccc2)CCN([C@@H](C)c2nnc(C)o2)CC1. The molecule has 0 N–H and O–H groups in total. The van der Waals surface area contributed by atoms with Crippen LogP contribution in [0.15, 0.2) is 34.7 Å². The summed E-state index contributed by atoms with van der Waals surface area (Å²) in [5.41, 5.74) is 0.465. The number of hydrogen-bond donors (Lipinski definition) is 0. The predicted molar refractivity (Wildman–Crippen MR) is 93.0 cm³/mol. The molecule has 2 aromatic rings. The fraction of sp³-hybridized carbons (Fsp3) is 0.526. The number of ether oxygens (including phenoxy) is 1. The number of aryl methyl sites for hydroxylation is 1. The third-order valence-electron chi connectivity index (χ3n) is 5.09. The van der Waals surface area contributed by atoms with Crippen molar-refractivity contribution in [1.29, 1.82) is 0 Å². The molecule has 0 saturated carbocycles. The number of rotatable bonds is 5. The Hall–Kier alpha value is -2.21. The van der Waals surface area contributed by atoms with E-state index >= 15 is 0 Å². The Labute approximate surface area is 148 Å². The number of hydrogen-bond acceptors (Lipinski definition) is 6. The predicted octanol–water partition coefficient (Wildman–Crippen LogP) is 3.04. The highest BCUT2D eigenvalue weighted by Gasteiger charge is 2.45. The van der Waals surface area contributed by atoms with Gasteiger partial charge in [0.05, 0.1) is 18.1 Å². The molecule has 0 radical (unpaired) electrons. The van der Waals surface area contributed by atoms with E-state index in [1.165, 1.54) is 0 Å². The molecular weight excluding hydrogens is 318 g/mol. The molecule has 1 fully saturated rings. The summed E-state index contributed by atoms with van der Waals surface area (Å²) >= 11 is 0. The minimum atomic E-state index is -0.571. The van der Waals surface area contributed by atoms with Crippen LogP contribution in [0.4, 0.5) is 0 Å². The Morgan fingerprint density at radius 3 is 2.52 bits per heavy atom. The minimum Gasteiger partial charge on any atom is -0.465 e. The monoisotopic (exact) mass is 343 g/mol. The van der Waals surface area contributed by atoms with Crippen molar-refractivity contribution >= 4 is 5.97 Å². The van der Waals surface area contributed by atoms with Crippen molar-refractivity contribution in [2.24, 2.45) is 0 Å². The number of carbonyl (C=O) groups excluding carboxylic acids is 1. The van der Waals surface area contributed by atoms with Crippen LogP contribution in [-0.2, 0) is 14.9 Å². The second-order valence-corrected chi connectivity index (χ2v) is 6.54. The second kappa shape index (κ2) is 7.35. The maximum Gasteiger partial charge on any atom is 0.316 e. The molecule has 1 aromatic carbocycles. The molecule has 25 heavy (non-hydrogen) atoms. The summed E-state index contributed by atoms with van der Waals surface area (Å²) < 4.78 is 11.0. The number of piperidine rings is 1. The summed E-state index contributed by atoms with van der Waals surface area (Å²) in [4.78, 5) is 15.1. The molecule has 0 spiro atoms. The highest BCUT2D eigenvalue weighted by Crippen LogP contribution is 2.39. The van der Waals surface area contributed by atoms with Gasteiger partial charge in [-0.2, -0.15) is 0 Å². The Morgan fingerprint density at radius 1 is 1.28 bits per heavy atom. The molecule has 134 valence electrons. The van der Waals surface area contributed by atoms with Gasteiger partial charge < -0.3 is 9.15 Å². The van der Waals surface area contributed by atoms with Crippen molar-refractivity contribution in [2.75, 3.05) is 19.7 Å². The molecule has 0 aliphatic carbocycles. The first-order valence-corrected chi connectivity index (χ1v) is 8.83. The van der Waals surface area contributed by atoms with Crippen molar-refractivity contribution in [3.8, 4) is 0 Å². The molecule has 1 atom stereocenters. The van der Waals surface area contributed by atoms with Gasteiger partial charge in [0.2, 0.25) is 11.8 Å². The van der Waals surface area contributed by atoms with Gasteiger partial charge >= 0.3 is 5.97 Å². The van der Waals surface area contributed by atoms with Gasteiger partial charge in [-0.15, -0.1) is 10.2 Å². The smallest absolute Gasteiger partial charge is 0.316 e. The van der Waals surface area contributed by atoms with E-state index in [4.69, 9.17) is 9.15 Å². The highest BCUT2D eigenvalue weighted by molar-refractivity contribution is 5.83. The van der Waals surface area contributed by atoms with E-state index in [2.05, 4.69) is 22.0 Å². The third kappa shape index (κ3) is 3.44. The maximum absolute atomic E-state index is 12.8. The number of aromatic nitrogens is 2. The quantitative estimate of drug-likeness (QED) is 0.777. The zero-order valence-corrected chi connectivity index (χ0v) is 15.1. The molecule has 2 heterocycles. The van der Waals surface area contributed by atoms with Crippen LogP contribution >= 0.6 is 0 Å². The Kier molecular flexibility index (Phi) is 5.18. The molecule has 0 unspecified atom stereocenters. The first kappa shape index (κ1) is 17.6. The highest BCUT2D eigenvalue weighted by atomic mass is 16.5. The first-order valence-electron chi connectivity index (χ1n) is 8.83. The summed E-state index contributed by atoms with van der Waals surface area (Å²) in [6.07, 6.45) is 1.43. The van der Waals surface area contributed by atoms with Crippen molar-refractivity contribution in [3.05, 3.63) is 47.7 Å². The van der Waals surface area contributed by atoms with E-state index < -0.39 is 5.41 Å². The number of nitrogens with zero attached hydrogens (tertiary/aromatic N) is 3. The topological polar surface area (TPSA) is 68.5 Å². The van der Waals surface area contributed by atoms with Crippen molar-refractivity contribution < 1.29 is 13.9 Å². The number of likely N-dealkylation sites (tertiary alicyclic amines) is 1. The lowest BCUT2D eigenvalue weighted by Crippen LogP contribution is -2.48. The Balaban J connectivity index is 1.79. The molecule has 0 bridgehead atoms. The zero-order valence-electron chi connectivity index (χ0n) is 15.1. The van der Waals surface area contributed by atoms with Gasteiger partial charge in [-0.1, -0.05) is 30.3 Å². The Morgan fingerprint density at radius 2 is 1.96 bits per heavy atom. The molecule has 1 aliphatic rings. The van der Waals surface area contributed by atoms with E-state index in [0.717, 1.165) is 18.7 Å². The van der Waals surface area contributed by atoms with E-state index in [1.807, 2.05) is 37.3 Å². The normalized spacial score (nSPS) is 18.7. The number of carbonyl (C=O) groups is 1. The van der Waals surface area contributed by atoms with Gasteiger partial charge in [0.25, 0.3) is 0 Å². The van der Waals surface area contributed by atoms with Crippen molar-refractivity contribution in [1.82, 2.24) is 15.1 Å². The van der Waals surface area contributed by atoms with Crippen LogP contribution in [0.3, 0.4) is 0 Å². The van der Waals surface area contributed by atoms with Gasteiger partial charge in [-0.05, 0) is 32.3 Å². The Bertz CT molecular complexity index is 706. The molecule has 6 nitrogen and oxygen atoms in total. The lowest BCUT2D eigenvalue weighted by atomic mass is 9.72.